The normalized spacial score (nSPS) is 10.8. The maximum absolute atomic E-state index is 12.6. The second-order valence-electron chi connectivity index (χ2n) is 4.69. The zero-order chi connectivity index (χ0) is 15.7. The number of benzene rings is 1. The molecule has 0 aliphatic carbocycles. The fraction of sp³-hybridized carbons (Fsp3) is 0.133. The summed E-state index contributed by atoms with van der Waals surface area (Å²) in [6, 6.07) is 7.28. The lowest BCUT2D eigenvalue weighted by Gasteiger charge is -2.05. The number of nitrogens with zero attached hydrogens (tertiary/aromatic N) is 2. The van der Waals surface area contributed by atoms with Crippen molar-refractivity contribution in [2.45, 2.75) is 6.54 Å². The van der Waals surface area contributed by atoms with E-state index in [-0.39, 0.29) is 18.0 Å². The van der Waals surface area contributed by atoms with E-state index in [0.29, 0.717) is 15.2 Å². The van der Waals surface area contributed by atoms with E-state index in [1.807, 2.05) is 17.5 Å². The molecule has 0 aliphatic rings. The van der Waals surface area contributed by atoms with Crippen LogP contribution in [0.5, 0.6) is 0 Å². The third kappa shape index (κ3) is 2.63. The van der Waals surface area contributed by atoms with Crippen molar-refractivity contribution in [3.8, 4) is 11.1 Å². The number of hydrogen-bond donors (Lipinski definition) is 1. The molecule has 0 atom stereocenters. The van der Waals surface area contributed by atoms with Gasteiger partial charge in [0.2, 0.25) is 5.91 Å². The van der Waals surface area contributed by atoms with Crippen molar-refractivity contribution in [2.24, 2.45) is 0 Å². The Bertz CT molecular complexity index is 899. The molecule has 0 unspecified atom stereocenters. The number of carbonyl (C=O) groups excluding carboxylic acids is 1. The van der Waals surface area contributed by atoms with Crippen molar-refractivity contribution >= 4 is 39.1 Å². The summed E-state index contributed by atoms with van der Waals surface area (Å²) in [4.78, 5) is 29.0. The summed E-state index contributed by atoms with van der Waals surface area (Å²) in [6.45, 7) is -0.0474. The second kappa shape index (κ2) is 5.90. The fourth-order valence-electron chi connectivity index (χ4n) is 2.16. The molecule has 0 radical (unpaired) electrons. The first-order chi connectivity index (χ1) is 10.6. The number of halogens is 1. The fourth-order valence-corrected chi connectivity index (χ4v) is 3.19. The molecule has 1 aromatic carbocycles. The minimum absolute atomic E-state index is 0.0474. The maximum Gasteiger partial charge on any atom is 0.263 e. The van der Waals surface area contributed by atoms with Crippen LogP contribution in [-0.4, -0.2) is 22.5 Å². The van der Waals surface area contributed by atoms with Gasteiger partial charge in [-0.05, 0) is 17.7 Å². The quantitative estimate of drug-likeness (QED) is 0.801. The Kier molecular flexibility index (Phi) is 3.96. The summed E-state index contributed by atoms with van der Waals surface area (Å²) < 4.78 is 1.31. The van der Waals surface area contributed by atoms with Gasteiger partial charge in [0.15, 0.2) is 0 Å². The van der Waals surface area contributed by atoms with Crippen molar-refractivity contribution in [1.82, 2.24) is 14.9 Å². The van der Waals surface area contributed by atoms with Gasteiger partial charge in [0, 0.05) is 23.0 Å². The molecule has 1 N–H and O–H groups in total. The smallest absolute Gasteiger partial charge is 0.263 e. The third-order valence-corrected chi connectivity index (χ3v) is 4.45. The van der Waals surface area contributed by atoms with E-state index < -0.39 is 0 Å². The monoisotopic (exact) mass is 333 g/mol. The molecule has 3 rings (SSSR count). The van der Waals surface area contributed by atoms with Crippen molar-refractivity contribution < 1.29 is 4.79 Å². The number of hydrogen-bond acceptors (Lipinski definition) is 4. The van der Waals surface area contributed by atoms with Crippen LogP contribution >= 0.6 is 22.9 Å². The van der Waals surface area contributed by atoms with Crippen LogP contribution in [-0.2, 0) is 11.3 Å². The largest absolute Gasteiger partial charge is 0.358 e. The lowest BCUT2D eigenvalue weighted by molar-refractivity contribution is -0.121. The molecule has 22 heavy (non-hydrogen) atoms. The van der Waals surface area contributed by atoms with Crippen molar-refractivity contribution in [3.63, 3.8) is 0 Å². The molecule has 5 nitrogen and oxygen atoms in total. The van der Waals surface area contributed by atoms with Crippen molar-refractivity contribution in [2.75, 3.05) is 7.05 Å². The number of carbonyl (C=O) groups is 1. The van der Waals surface area contributed by atoms with E-state index in [1.165, 1.54) is 29.3 Å². The van der Waals surface area contributed by atoms with Gasteiger partial charge < -0.3 is 5.32 Å². The minimum Gasteiger partial charge on any atom is -0.358 e. The number of amides is 1. The number of aromatic nitrogens is 2. The van der Waals surface area contributed by atoms with Gasteiger partial charge in [-0.3, -0.25) is 14.2 Å². The van der Waals surface area contributed by atoms with E-state index in [9.17, 15) is 9.59 Å². The van der Waals surface area contributed by atoms with Crippen molar-refractivity contribution in [1.29, 1.82) is 0 Å². The molecule has 112 valence electrons. The Morgan fingerprint density at radius 1 is 1.36 bits per heavy atom. The molecule has 0 saturated carbocycles. The Morgan fingerprint density at radius 3 is 2.77 bits per heavy atom. The van der Waals surface area contributed by atoms with Gasteiger partial charge in [-0.1, -0.05) is 23.7 Å². The number of rotatable bonds is 3. The predicted molar refractivity (Wildman–Crippen MR) is 88.4 cm³/mol. The van der Waals surface area contributed by atoms with Crippen LogP contribution < -0.4 is 10.9 Å². The van der Waals surface area contributed by atoms with Crippen LogP contribution in [0.4, 0.5) is 0 Å². The molecule has 0 aliphatic heterocycles. The molecule has 0 fully saturated rings. The molecular weight excluding hydrogens is 322 g/mol. The minimum atomic E-state index is -0.244. The molecular formula is C15H12ClN3O2S. The van der Waals surface area contributed by atoms with E-state index in [1.54, 1.807) is 12.1 Å². The highest BCUT2D eigenvalue weighted by molar-refractivity contribution is 7.17. The highest BCUT2D eigenvalue weighted by Crippen LogP contribution is 2.31. The van der Waals surface area contributed by atoms with Gasteiger partial charge in [-0.15, -0.1) is 11.3 Å². The highest BCUT2D eigenvalue weighted by atomic mass is 35.5. The van der Waals surface area contributed by atoms with Gasteiger partial charge in [0.1, 0.15) is 11.4 Å². The molecule has 2 heterocycles. The Balaban J connectivity index is 2.16. The van der Waals surface area contributed by atoms with Crippen LogP contribution in [0, 0.1) is 0 Å². The van der Waals surface area contributed by atoms with Crippen LogP contribution in [0.25, 0.3) is 21.3 Å². The highest BCUT2D eigenvalue weighted by Gasteiger charge is 2.14. The topological polar surface area (TPSA) is 64.0 Å². The SMILES string of the molecule is CNC(=O)Cn1cnc2scc(-c3ccc(Cl)cc3)c2c1=O. The van der Waals surface area contributed by atoms with E-state index >= 15 is 0 Å². The number of likely N-dealkylation sites (N-methyl/N-ethyl adjacent to an activating group) is 1. The molecule has 0 spiro atoms. The summed E-state index contributed by atoms with van der Waals surface area (Å²) in [7, 11) is 1.53. The second-order valence-corrected chi connectivity index (χ2v) is 5.98. The summed E-state index contributed by atoms with van der Waals surface area (Å²) in [5, 5.41) is 5.56. The molecule has 0 bridgehead atoms. The average Bonchev–Trinajstić information content (AvgIpc) is 2.95. The Morgan fingerprint density at radius 2 is 2.09 bits per heavy atom. The average molecular weight is 334 g/mol. The summed E-state index contributed by atoms with van der Waals surface area (Å²) >= 11 is 7.30. The molecule has 1 amide bonds. The zero-order valence-corrected chi connectivity index (χ0v) is 13.2. The van der Waals surface area contributed by atoms with Gasteiger partial charge in [0.25, 0.3) is 5.56 Å². The lowest BCUT2D eigenvalue weighted by atomic mass is 10.1. The number of thiophene rings is 1. The van der Waals surface area contributed by atoms with Crippen LogP contribution in [0.15, 0.2) is 40.8 Å². The van der Waals surface area contributed by atoms with Crippen LogP contribution in [0.3, 0.4) is 0 Å². The summed E-state index contributed by atoms with van der Waals surface area (Å²) in [5.41, 5.74) is 1.48. The maximum atomic E-state index is 12.6. The molecule has 0 saturated heterocycles. The first-order valence-corrected chi connectivity index (χ1v) is 7.79. The van der Waals surface area contributed by atoms with Gasteiger partial charge in [0.05, 0.1) is 11.7 Å². The Hall–Kier alpha value is -2.18. The lowest BCUT2D eigenvalue weighted by Crippen LogP contribution is -2.30. The standard InChI is InChI=1S/C15H12ClN3O2S/c1-17-12(20)6-19-8-18-14-13(15(19)21)11(7-22-14)9-2-4-10(16)5-3-9/h2-5,7-8H,6H2,1H3,(H,17,20). The van der Waals surface area contributed by atoms with Crippen molar-refractivity contribution in [3.05, 3.63) is 51.3 Å². The van der Waals surface area contributed by atoms with E-state index in [4.69, 9.17) is 11.6 Å². The first kappa shape index (κ1) is 14.7. The predicted octanol–water partition coefficient (Wildman–Crippen LogP) is 2.52. The first-order valence-electron chi connectivity index (χ1n) is 6.53. The van der Waals surface area contributed by atoms with Gasteiger partial charge >= 0.3 is 0 Å². The third-order valence-electron chi connectivity index (χ3n) is 3.31. The Labute approximate surface area is 135 Å². The van der Waals surface area contributed by atoms with Gasteiger partial charge in [-0.2, -0.15) is 0 Å². The van der Waals surface area contributed by atoms with E-state index in [0.717, 1.165) is 11.1 Å². The molecule has 7 heteroatoms. The summed E-state index contributed by atoms with van der Waals surface area (Å²) in [5.74, 6) is -0.244. The van der Waals surface area contributed by atoms with Crippen LogP contribution in [0.1, 0.15) is 0 Å². The van der Waals surface area contributed by atoms with Crippen LogP contribution in [0.2, 0.25) is 5.02 Å². The number of fused-ring (bicyclic) bond motifs is 1. The van der Waals surface area contributed by atoms with E-state index in [2.05, 4.69) is 10.3 Å². The zero-order valence-electron chi connectivity index (χ0n) is 11.7. The number of nitrogens with one attached hydrogen (secondary N) is 1. The molecule has 2 aromatic heterocycles. The van der Waals surface area contributed by atoms with Gasteiger partial charge in [-0.25, -0.2) is 4.98 Å². The summed E-state index contributed by atoms with van der Waals surface area (Å²) in [6.07, 6.45) is 1.40. The molecule has 3 aromatic rings.